The van der Waals surface area contributed by atoms with Crippen molar-refractivity contribution >= 4 is 5.82 Å². The lowest BCUT2D eigenvalue weighted by molar-refractivity contribution is 0.312. The molecule has 0 amide bonds. The predicted molar refractivity (Wildman–Crippen MR) is 68.5 cm³/mol. The van der Waals surface area contributed by atoms with E-state index in [0.717, 1.165) is 18.2 Å². The first kappa shape index (κ1) is 12.3. The van der Waals surface area contributed by atoms with Crippen LogP contribution in [-0.2, 0) is 0 Å². The van der Waals surface area contributed by atoms with Gasteiger partial charge in [0.1, 0.15) is 11.6 Å². The van der Waals surface area contributed by atoms with Crippen LogP contribution >= 0.6 is 0 Å². The second-order valence-electron chi connectivity index (χ2n) is 4.92. The molecule has 1 heterocycles. The third kappa shape index (κ3) is 3.42. The minimum absolute atomic E-state index is 0.277. The molecule has 1 aliphatic carbocycles. The van der Waals surface area contributed by atoms with Crippen molar-refractivity contribution in [3.05, 3.63) is 24.1 Å². The summed E-state index contributed by atoms with van der Waals surface area (Å²) in [5.41, 5.74) is 0. The number of rotatable bonds is 4. The monoisotopic (exact) mass is 236 g/mol. The Labute approximate surface area is 103 Å². The SMILES string of the molecule is CCC(Nc1ccc(F)cn1)C1CCCCC1. The maximum absolute atomic E-state index is 12.8. The fraction of sp³-hybridized carbons (Fsp3) is 0.643. The zero-order valence-electron chi connectivity index (χ0n) is 10.5. The highest BCUT2D eigenvalue weighted by molar-refractivity contribution is 5.35. The molecule has 1 aromatic heterocycles. The molecule has 2 rings (SSSR count). The van der Waals surface area contributed by atoms with E-state index in [4.69, 9.17) is 0 Å². The van der Waals surface area contributed by atoms with Crippen LogP contribution in [0.5, 0.6) is 0 Å². The molecule has 0 aliphatic heterocycles. The quantitative estimate of drug-likeness (QED) is 0.855. The molecule has 1 fully saturated rings. The van der Waals surface area contributed by atoms with Crippen LogP contribution in [0.25, 0.3) is 0 Å². The largest absolute Gasteiger partial charge is 0.367 e. The normalized spacial score (nSPS) is 18.9. The smallest absolute Gasteiger partial charge is 0.141 e. The summed E-state index contributed by atoms with van der Waals surface area (Å²) in [6.07, 6.45) is 9.07. The number of halogens is 1. The van der Waals surface area contributed by atoms with E-state index < -0.39 is 0 Å². The van der Waals surface area contributed by atoms with Crippen LogP contribution in [-0.4, -0.2) is 11.0 Å². The Morgan fingerprint density at radius 3 is 2.71 bits per heavy atom. The highest BCUT2D eigenvalue weighted by Gasteiger charge is 2.22. The molecule has 0 aromatic carbocycles. The summed E-state index contributed by atoms with van der Waals surface area (Å²) < 4.78 is 12.8. The molecule has 0 radical (unpaired) electrons. The fourth-order valence-corrected chi connectivity index (χ4v) is 2.74. The first-order valence-electron chi connectivity index (χ1n) is 6.67. The maximum atomic E-state index is 12.8. The average Bonchev–Trinajstić information content (AvgIpc) is 2.39. The molecule has 1 unspecified atom stereocenters. The standard InChI is InChI=1S/C14H21FN2/c1-2-13(11-6-4-3-5-7-11)17-14-9-8-12(15)10-16-14/h8-11,13H,2-7H2,1H3,(H,16,17). The molecule has 2 nitrogen and oxygen atoms in total. The van der Waals surface area contributed by atoms with Crippen molar-refractivity contribution in [3.8, 4) is 0 Å². The Hall–Kier alpha value is -1.12. The second-order valence-corrected chi connectivity index (χ2v) is 4.92. The third-order valence-corrected chi connectivity index (χ3v) is 3.72. The van der Waals surface area contributed by atoms with Crippen LogP contribution in [0.15, 0.2) is 18.3 Å². The van der Waals surface area contributed by atoms with Gasteiger partial charge < -0.3 is 5.32 Å². The maximum Gasteiger partial charge on any atom is 0.141 e. The summed E-state index contributed by atoms with van der Waals surface area (Å²) in [4.78, 5) is 4.07. The van der Waals surface area contributed by atoms with E-state index in [0.29, 0.717) is 6.04 Å². The van der Waals surface area contributed by atoms with Crippen LogP contribution in [0, 0.1) is 11.7 Å². The van der Waals surface area contributed by atoms with Crippen molar-refractivity contribution in [2.45, 2.75) is 51.5 Å². The van der Waals surface area contributed by atoms with E-state index in [9.17, 15) is 4.39 Å². The summed E-state index contributed by atoms with van der Waals surface area (Å²) in [5.74, 6) is 1.27. The number of pyridine rings is 1. The van der Waals surface area contributed by atoms with E-state index in [1.807, 2.05) is 0 Å². The number of anilines is 1. The van der Waals surface area contributed by atoms with E-state index in [1.165, 1.54) is 44.4 Å². The Morgan fingerprint density at radius 2 is 2.12 bits per heavy atom. The Bertz CT molecular complexity index is 331. The molecule has 0 saturated heterocycles. The third-order valence-electron chi connectivity index (χ3n) is 3.72. The van der Waals surface area contributed by atoms with Crippen molar-refractivity contribution in [2.24, 2.45) is 5.92 Å². The molecule has 1 saturated carbocycles. The van der Waals surface area contributed by atoms with Gasteiger partial charge in [0.05, 0.1) is 6.20 Å². The minimum atomic E-state index is -0.277. The van der Waals surface area contributed by atoms with E-state index >= 15 is 0 Å². The van der Waals surface area contributed by atoms with Crippen LogP contribution in [0.3, 0.4) is 0 Å². The van der Waals surface area contributed by atoms with Gasteiger partial charge in [-0.3, -0.25) is 0 Å². The predicted octanol–water partition coefficient (Wildman–Crippen LogP) is 3.99. The van der Waals surface area contributed by atoms with E-state index in [-0.39, 0.29) is 5.82 Å². The number of nitrogens with one attached hydrogen (secondary N) is 1. The van der Waals surface area contributed by atoms with Crippen molar-refractivity contribution in [2.75, 3.05) is 5.32 Å². The molecular weight excluding hydrogens is 215 g/mol. The summed E-state index contributed by atoms with van der Waals surface area (Å²) in [7, 11) is 0. The average molecular weight is 236 g/mol. The highest BCUT2D eigenvalue weighted by atomic mass is 19.1. The van der Waals surface area contributed by atoms with E-state index in [2.05, 4.69) is 17.2 Å². The van der Waals surface area contributed by atoms with Crippen molar-refractivity contribution in [1.29, 1.82) is 0 Å². The summed E-state index contributed by atoms with van der Waals surface area (Å²) in [6.45, 7) is 2.20. The van der Waals surface area contributed by atoms with Gasteiger partial charge in [-0.15, -0.1) is 0 Å². The molecule has 0 bridgehead atoms. The minimum Gasteiger partial charge on any atom is -0.367 e. The van der Waals surface area contributed by atoms with Crippen LogP contribution in [0.4, 0.5) is 10.2 Å². The lowest BCUT2D eigenvalue weighted by Crippen LogP contribution is -2.30. The lowest BCUT2D eigenvalue weighted by Gasteiger charge is -2.30. The van der Waals surface area contributed by atoms with Crippen molar-refractivity contribution in [3.63, 3.8) is 0 Å². The first-order chi connectivity index (χ1) is 8.29. The van der Waals surface area contributed by atoms with Crippen LogP contribution in [0.1, 0.15) is 45.4 Å². The van der Waals surface area contributed by atoms with Gasteiger partial charge in [0.25, 0.3) is 0 Å². The summed E-state index contributed by atoms with van der Waals surface area (Å²) in [6, 6.07) is 3.66. The van der Waals surface area contributed by atoms with Gasteiger partial charge in [0.2, 0.25) is 0 Å². The van der Waals surface area contributed by atoms with Gasteiger partial charge in [-0.25, -0.2) is 9.37 Å². The van der Waals surface area contributed by atoms with Gasteiger partial charge in [-0.2, -0.15) is 0 Å². The Kier molecular flexibility index (Phi) is 4.35. The zero-order chi connectivity index (χ0) is 12.1. The topological polar surface area (TPSA) is 24.9 Å². The number of nitrogens with zero attached hydrogens (tertiary/aromatic N) is 1. The molecule has 1 aliphatic rings. The Morgan fingerprint density at radius 1 is 1.35 bits per heavy atom. The molecule has 1 atom stereocenters. The molecule has 3 heteroatoms. The molecular formula is C14H21FN2. The van der Waals surface area contributed by atoms with Crippen LogP contribution < -0.4 is 5.32 Å². The number of hydrogen-bond donors (Lipinski definition) is 1. The molecule has 1 N–H and O–H groups in total. The molecule has 1 aromatic rings. The van der Waals surface area contributed by atoms with E-state index in [1.54, 1.807) is 6.07 Å². The fourth-order valence-electron chi connectivity index (χ4n) is 2.74. The van der Waals surface area contributed by atoms with Gasteiger partial charge >= 0.3 is 0 Å². The Balaban J connectivity index is 1.96. The van der Waals surface area contributed by atoms with Crippen molar-refractivity contribution < 1.29 is 4.39 Å². The molecule has 0 spiro atoms. The summed E-state index contributed by atoms with van der Waals surface area (Å²) >= 11 is 0. The van der Waals surface area contributed by atoms with Gasteiger partial charge in [-0.1, -0.05) is 26.2 Å². The lowest BCUT2D eigenvalue weighted by atomic mass is 9.83. The zero-order valence-corrected chi connectivity index (χ0v) is 10.5. The van der Waals surface area contributed by atoms with Crippen molar-refractivity contribution in [1.82, 2.24) is 4.98 Å². The van der Waals surface area contributed by atoms with Gasteiger partial charge in [-0.05, 0) is 37.3 Å². The molecule has 94 valence electrons. The highest BCUT2D eigenvalue weighted by Crippen LogP contribution is 2.29. The van der Waals surface area contributed by atoms with Gasteiger partial charge in [0.15, 0.2) is 0 Å². The number of hydrogen-bond acceptors (Lipinski definition) is 2. The molecule has 17 heavy (non-hydrogen) atoms. The van der Waals surface area contributed by atoms with Crippen LogP contribution in [0.2, 0.25) is 0 Å². The first-order valence-corrected chi connectivity index (χ1v) is 6.67. The second kappa shape index (κ2) is 5.99. The summed E-state index contributed by atoms with van der Waals surface area (Å²) in [5, 5.41) is 3.45. The number of aromatic nitrogens is 1. The van der Waals surface area contributed by atoms with Gasteiger partial charge in [0, 0.05) is 6.04 Å².